The topological polar surface area (TPSA) is 102 Å². The molecule has 0 radical (unpaired) electrons. The van der Waals surface area contributed by atoms with E-state index in [9.17, 15) is 0 Å². The monoisotopic (exact) mass is 500 g/mol. The molecule has 0 aliphatic carbocycles. The number of nitrogens with one attached hydrogen (secondary N) is 1. The summed E-state index contributed by atoms with van der Waals surface area (Å²) in [5, 5.41) is 12.3. The second kappa shape index (κ2) is 11.5. The highest BCUT2D eigenvalue weighted by molar-refractivity contribution is 7.80. The van der Waals surface area contributed by atoms with Crippen LogP contribution in [-0.2, 0) is 13.0 Å². The van der Waals surface area contributed by atoms with Crippen molar-refractivity contribution < 1.29 is 18.5 Å². The minimum Gasteiger partial charge on any atom is -0.497 e. The van der Waals surface area contributed by atoms with Crippen molar-refractivity contribution in [2.75, 3.05) is 46.9 Å². The molecule has 0 amide bonds. The zero-order valence-electron chi connectivity index (χ0n) is 20.7. The lowest BCUT2D eigenvalue weighted by atomic mass is 10.1. The van der Waals surface area contributed by atoms with Gasteiger partial charge in [0.2, 0.25) is 0 Å². The number of methoxy groups -OCH3 is 2. The van der Waals surface area contributed by atoms with Crippen molar-refractivity contribution in [2.45, 2.75) is 33.2 Å². The van der Waals surface area contributed by atoms with E-state index in [1.165, 1.54) is 0 Å². The number of nitrogens with zero attached hydrogens (tertiary/aromatic N) is 5. The molecule has 1 N–H and O–H groups in total. The molecule has 1 fully saturated rings. The molecule has 188 valence electrons. The molecule has 1 saturated heterocycles. The molecule has 0 saturated carbocycles. The predicted molar refractivity (Wildman–Crippen MR) is 135 cm³/mol. The Bertz CT molecular complexity index is 1130. The van der Waals surface area contributed by atoms with E-state index >= 15 is 0 Å². The summed E-state index contributed by atoms with van der Waals surface area (Å²) in [5.41, 5.74) is 2.60. The smallest absolute Gasteiger partial charge is 0.263 e. The van der Waals surface area contributed by atoms with Crippen LogP contribution in [0.5, 0.6) is 11.5 Å². The second-order valence-corrected chi connectivity index (χ2v) is 8.88. The fraction of sp³-hybridized carbons (Fsp3) is 0.500. The summed E-state index contributed by atoms with van der Waals surface area (Å²) >= 11 is 5.69. The maximum Gasteiger partial charge on any atom is 0.263 e. The van der Waals surface area contributed by atoms with E-state index in [4.69, 9.17) is 30.7 Å². The quantitative estimate of drug-likeness (QED) is 0.462. The first-order chi connectivity index (χ1) is 17.0. The normalized spacial score (nSPS) is 14.6. The van der Waals surface area contributed by atoms with Crippen molar-refractivity contribution in [3.63, 3.8) is 0 Å². The lowest BCUT2D eigenvalue weighted by molar-refractivity contribution is 0.266. The van der Waals surface area contributed by atoms with E-state index in [0.717, 1.165) is 79.0 Å². The first-order valence-corrected chi connectivity index (χ1v) is 12.1. The highest BCUT2D eigenvalue weighted by Gasteiger charge is 2.21. The fourth-order valence-electron chi connectivity index (χ4n) is 4.23. The molecule has 10 nitrogen and oxygen atoms in total. The molecule has 35 heavy (non-hydrogen) atoms. The Morgan fingerprint density at radius 2 is 1.94 bits per heavy atom. The minimum absolute atomic E-state index is 0.450. The predicted octanol–water partition coefficient (Wildman–Crippen LogP) is 2.98. The summed E-state index contributed by atoms with van der Waals surface area (Å²) in [6, 6.07) is 5.83. The number of aromatic nitrogens is 3. The Labute approximate surface area is 210 Å². The molecule has 4 rings (SSSR count). The third-order valence-electron chi connectivity index (χ3n) is 6.11. The Hall–Kier alpha value is -3.18. The number of aryl methyl sites for hydroxylation is 2. The van der Waals surface area contributed by atoms with Crippen LogP contribution in [0.1, 0.15) is 29.3 Å². The number of benzene rings is 1. The van der Waals surface area contributed by atoms with Crippen LogP contribution in [0, 0.1) is 13.8 Å². The highest BCUT2D eigenvalue weighted by Crippen LogP contribution is 2.26. The largest absolute Gasteiger partial charge is 0.497 e. The Morgan fingerprint density at radius 1 is 1.09 bits per heavy atom. The lowest BCUT2D eigenvalue weighted by Gasteiger charge is -2.24. The van der Waals surface area contributed by atoms with Crippen molar-refractivity contribution in [1.82, 2.24) is 30.4 Å². The Balaban J connectivity index is 1.26. The van der Waals surface area contributed by atoms with E-state index in [2.05, 4.69) is 30.4 Å². The maximum absolute atomic E-state index is 5.69. The van der Waals surface area contributed by atoms with Crippen LogP contribution >= 0.6 is 12.2 Å². The van der Waals surface area contributed by atoms with E-state index < -0.39 is 0 Å². The molecule has 0 unspecified atom stereocenters. The van der Waals surface area contributed by atoms with Crippen LogP contribution in [0.25, 0.3) is 11.5 Å². The van der Waals surface area contributed by atoms with Crippen molar-refractivity contribution in [3.05, 3.63) is 41.0 Å². The van der Waals surface area contributed by atoms with Gasteiger partial charge in [-0.2, -0.15) is 4.98 Å². The van der Waals surface area contributed by atoms with E-state index in [1.807, 2.05) is 32.0 Å². The van der Waals surface area contributed by atoms with Crippen LogP contribution in [0.15, 0.2) is 27.2 Å². The van der Waals surface area contributed by atoms with Gasteiger partial charge in [-0.1, -0.05) is 10.3 Å². The third-order valence-corrected chi connectivity index (χ3v) is 6.52. The SMILES string of the molecule is COc1ccc(OC)c(CCNC(=S)N2CCCN(Cc3noc(-c4c(C)noc4C)n3)CC2)c1. The first kappa shape index (κ1) is 24.9. The molecule has 3 aromatic rings. The van der Waals surface area contributed by atoms with Gasteiger partial charge in [0, 0.05) is 32.7 Å². The molecule has 1 aliphatic rings. The molecule has 1 aromatic carbocycles. The maximum atomic E-state index is 5.69. The second-order valence-electron chi connectivity index (χ2n) is 8.49. The van der Waals surface area contributed by atoms with Gasteiger partial charge in [0.1, 0.15) is 22.8 Å². The number of ether oxygens (including phenoxy) is 2. The average molecular weight is 501 g/mol. The fourth-order valence-corrected chi connectivity index (χ4v) is 4.52. The summed E-state index contributed by atoms with van der Waals surface area (Å²) in [6.07, 6.45) is 1.78. The summed E-state index contributed by atoms with van der Waals surface area (Å²) < 4.78 is 21.5. The van der Waals surface area contributed by atoms with E-state index in [1.54, 1.807) is 14.2 Å². The van der Waals surface area contributed by atoms with E-state index in [-0.39, 0.29) is 0 Å². The van der Waals surface area contributed by atoms with Gasteiger partial charge in [-0.05, 0) is 62.7 Å². The zero-order chi connectivity index (χ0) is 24.8. The molecule has 0 spiro atoms. The van der Waals surface area contributed by atoms with Gasteiger partial charge in [0.15, 0.2) is 10.9 Å². The van der Waals surface area contributed by atoms with Gasteiger partial charge >= 0.3 is 0 Å². The molecule has 1 aliphatic heterocycles. The van der Waals surface area contributed by atoms with Gasteiger partial charge in [0.05, 0.1) is 26.5 Å². The zero-order valence-corrected chi connectivity index (χ0v) is 21.5. The lowest BCUT2D eigenvalue weighted by Crippen LogP contribution is -2.42. The molecular weight excluding hydrogens is 468 g/mol. The third kappa shape index (κ3) is 6.09. The summed E-state index contributed by atoms with van der Waals surface area (Å²) in [4.78, 5) is 9.11. The van der Waals surface area contributed by atoms with Gasteiger partial charge < -0.3 is 28.7 Å². The highest BCUT2D eigenvalue weighted by atomic mass is 32.1. The van der Waals surface area contributed by atoms with E-state index in [0.29, 0.717) is 24.0 Å². The van der Waals surface area contributed by atoms with Crippen molar-refractivity contribution in [1.29, 1.82) is 0 Å². The van der Waals surface area contributed by atoms with Gasteiger partial charge in [-0.15, -0.1) is 0 Å². The summed E-state index contributed by atoms with van der Waals surface area (Å²) in [6.45, 7) is 8.59. The first-order valence-electron chi connectivity index (χ1n) is 11.7. The Kier molecular flexibility index (Phi) is 8.19. The standard InChI is InChI=1S/C24H32N6O4S/c1-16-22(17(2)33-27-16)23-26-21(28-34-23)15-29-10-5-11-30(13-12-29)24(35)25-9-8-18-14-19(31-3)6-7-20(18)32-4/h6-7,14H,5,8-13,15H2,1-4H3,(H,25,35). The van der Waals surface area contributed by atoms with Crippen LogP contribution in [0.3, 0.4) is 0 Å². The van der Waals surface area contributed by atoms with Gasteiger partial charge in [-0.25, -0.2) is 0 Å². The van der Waals surface area contributed by atoms with Crippen molar-refractivity contribution in [2.24, 2.45) is 0 Å². The van der Waals surface area contributed by atoms with Crippen molar-refractivity contribution >= 4 is 17.3 Å². The summed E-state index contributed by atoms with van der Waals surface area (Å²) in [7, 11) is 3.34. The number of hydrogen-bond donors (Lipinski definition) is 1. The Morgan fingerprint density at radius 3 is 2.69 bits per heavy atom. The van der Waals surface area contributed by atoms with Crippen LogP contribution in [-0.4, -0.2) is 77.2 Å². The molecule has 11 heteroatoms. The number of hydrogen-bond acceptors (Lipinski definition) is 9. The molecule has 2 aromatic heterocycles. The van der Waals surface area contributed by atoms with Crippen molar-refractivity contribution in [3.8, 4) is 23.0 Å². The molecule has 3 heterocycles. The van der Waals surface area contributed by atoms with Crippen LogP contribution < -0.4 is 14.8 Å². The number of thiocarbonyl (C=S) groups is 1. The van der Waals surface area contributed by atoms with Gasteiger partial charge in [0.25, 0.3) is 5.89 Å². The average Bonchev–Trinajstić information content (AvgIpc) is 3.36. The van der Waals surface area contributed by atoms with Crippen LogP contribution in [0.4, 0.5) is 0 Å². The van der Waals surface area contributed by atoms with Gasteiger partial charge in [-0.3, -0.25) is 4.90 Å². The minimum atomic E-state index is 0.450. The summed E-state index contributed by atoms with van der Waals surface area (Å²) in [5.74, 6) is 3.44. The molecular formula is C24H32N6O4S. The molecule has 0 bridgehead atoms. The number of rotatable bonds is 8. The molecule has 0 atom stereocenters. The van der Waals surface area contributed by atoms with Crippen LogP contribution in [0.2, 0.25) is 0 Å².